The van der Waals surface area contributed by atoms with Crippen LogP contribution in [0.5, 0.6) is 0 Å². The maximum atomic E-state index is 13.0. The molecule has 1 aliphatic heterocycles. The number of carbonyl (C=O) groups excluding carboxylic acids is 1. The lowest BCUT2D eigenvalue weighted by atomic mass is 10.2. The number of ether oxygens (including phenoxy) is 1. The number of piperazine rings is 1. The standard InChI is InChI=1S/C21H28N4O4S/c1-5-29-21(26)17-6-8-18(9-7-17)30(27,28)25-12-10-24(11-13-25)19-14-16(4)22-20(23-19)15(2)3/h6-9,14-15H,5,10-13H2,1-4H3. The lowest BCUT2D eigenvalue weighted by molar-refractivity contribution is 0.0526. The van der Waals surface area contributed by atoms with Gasteiger partial charge in [-0.3, -0.25) is 0 Å². The summed E-state index contributed by atoms with van der Waals surface area (Å²) in [5.74, 6) is 1.39. The van der Waals surface area contributed by atoms with Crippen molar-refractivity contribution < 1.29 is 17.9 Å². The Morgan fingerprint density at radius 3 is 2.30 bits per heavy atom. The molecule has 1 aromatic heterocycles. The molecule has 0 atom stereocenters. The third-order valence-corrected chi connectivity index (χ3v) is 6.85. The average molecular weight is 433 g/mol. The fourth-order valence-corrected chi connectivity index (χ4v) is 4.70. The Kier molecular flexibility index (Phi) is 6.72. The molecule has 30 heavy (non-hydrogen) atoms. The molecule has 1 fully saturated rings. The third-order valence-electron chi connectivity index (χ3n) is 4.94. The zero-order valence-electron chi connectivity index (χ0n) is 17.8. The zero-order valence-corrected chi connectivity index (χ0v) is 18.6. The SMILES string of the molecule is CCOC(=O)c1ccc(S(=O)(=O)N2CCN(c3cc(C)nc(C(C)C)n3)CC2)cc1. The van der Waals surface area contributed by atoms with Crippen molar-refractivity contribution >= 4 is 21.8 Å². The van der Waals surface area contributed by atoms with Gasteiger partial charge in [0.25, 0.3) is 0 Å². The number of rotatable bonds is 6. The molecule has 2 aromatic rings. The van der Waals surface area contributed by atoms with Gasteiger partial charge in [0.05, 0.1) is 17.1 Å². The van der Waals surface area contributed by atoms with Gasteiger partial charge in [-0.05, 0) is 38.1 Å². The summed E-state index contributed by atoms with van der Waals surface area (Å²) in [4.78, 5) is 23.2. The van der Waals surface area contributed by atoms with Crippen LogP contribution in [0.4, 0.5) is 5.82 Å². The molecule has 0 spiro atoms. The number of carbonyl (C=O) groups is 1. The summed E-state index contributed by atoms with van der Waals surface area (Å²) in [5.41, 5.74) is 1.24. The molecule has 3 rings (SSSR count). The number of anilines is 1. The van der Waals surface area contributed by atoms with E-state index in [1.165, 1.54) is 28.6 Å². The van der Waals surface area contributed by atoms with Crippen LogP contribution in [0.1, 0.15) is 48.6 Å². The van der Waals surface area contributed by atoms with Crippen LogP contribution >= 0.6 is 0 Å². The first-order valence-corrected chi connectivity index (χ1v) is 11.5. The van der Waals surface area contributed by atoms with E-state index in [4.69, 9.17) is 4.74 Å². The largest absolute Gasteiger partial charge is 0.462 e. The van der Waals surface area contributed by atoms with Crippen LogP contribution in [-0.4, -0.2) is 61.4 Å². The molecule has 162 valence electrons. The normalized spacial score (nSPS) is 15.4. The Hall–Kier alpha value is -2.52. The van der Waals surface area contributed by atoms with E-state index in [2.05, 4.69) is 28.7 Å². The van der Waals surface area contributed by atoms with Crippen LogP contribution in [0.3, 0.4) is 0 Å². The van der Waals surface area contributed by atoms with Gasteiger partial charge in [0.2, 0.25) is 10.0 Å². The number of aryl methyl sites for hydroxylation is 1. The fourth-order valence-electron chi connectivity index (χ4n) is 3.28. The van der Waals surface area contributed by atoms with E-state index < -0.39 is 16.0 Å². The molecule has 1 saturated heterocycles. The molecule has 8 nitrogen and oxygen atoms in total. The Morgan fingerprint density at radius 1 is 1.10 bits per heavy atom. The highest BCUT2D eigenvalue weighted by molar-refractivity contribution is 7.89. The van der Waals surface area contributed by atoms with Gasteiger partial charge in [-0.2, -0.15) is 4.31 Å². The Balaban J connectivity index is 1.70. The lowest BCUT2D eigenvalue weighted by Crippen LogP contribution is -2.49. The van der Waals surface area contributed by atoms with Gasteiger partial charge in [-0.25, -0.2) is 23.2 Å². The quantitative estimate of drug-likeness (QED) is 0.648. The summed E-state index contributed by atoms with van der Waals surface area (Å²) in [6.07, 6.45) is 0. The van der Waals surface area contributed by atoms with Gasteiger partial charge in [-0.1, -0.05) is 13.8 Å². The minimum Gasteiger partial charge on any atom is -0.462 e. The van der Waals surface area contributed by atoms with E-state index >= 15 is 0 Å². The molecule has 1 aliphatic rings. The monoisotopic (exact) mass is 432 g/mol. The highest BCUT2D eigenvalue weighted by Crippen LogP contribution is 2.22. The third kappa shape index (κ3) is 4.79. The van der Waals surface area contributed by atoms with Crippen molar-refractivity contribution in [3.05, 3.63) is 47.4 Å². The van der Waals surface area contributed by atoms with Crippen molar-refractivity contribution in [2.75, 3.05) is 37.7 Å². The van der Waals surface area contributed by atoms with Gasteiger partial charge >= 0.3 is 5.97 Å². The Bertz CT molecular complexity index is 998. The molecular formula is C21H28N4O4S. The average Bonchev–Trinajstić information content (AvgIpc) is 2.73. The number of sulfonamides is 1. The van der Waals surface area contributed by atoms with E-state index in [1.54, 1.807) is 6.92 Å². The maximum Gasteiger partial charge on any atom is 0.338 e. The number of benzene rings is 1. The highest BCUT2D eigenvalue weighted by atomic mass is 32.2. The Morgan fingerprint density at radius 2 is 1.73 bits per heavy atom. The van der Waals surface area contributed by atoms with Gasteiger partial charge in [-0.15, -0.1) is 0 Å². The molecule has 0 amide bonds. The second-order valence-electron chi connectivity index (χ2n) is 7.52. The number of hydrogen-bond acceptors (Lipinski definition) is 7. The summed E-state index contributed by atoms with van der Waals surface area (Å²) in [7, 11) is -3.63. The fraction of sp³-hybridized carbons (Fsp3) is 0.476. The molecule has 0 aliphatic carbocycles. The summed E-state index contributed by atoms with van der Waals surface area (Å²) >= 11 is 0. The van der Waals surface area contributed by atoms with Crippen molar-refractivity contribution in [3.63, 3.8) is 0 Å². The zero-order chi connectivity index (χ0) is 21.9. The molecular weight excluding hydrogens is 404 g/mol. The summed E-state index contributed by atoms with van der Waals surface area (Å²) in [5, 5.41) is 0. The molecule has 0 unspecified atom stereocenters. The highest BCUT2D eigenvalue weighted by Gasteiger charge is 2.29. The minimum atomic E-state index is -3.63. The van der Waals surface area contributed by atoms with E-state index in [0.29, 0.717) is 31.7 Å². The molecule has 0 N–H and O–H groups in total. The topological polar surface area (TPSA) is 92.7 Å². The van der Waals surface area contributed by atoms with Gasteiger partial charge < -0.3 is 9.64 Å². The number of aromatic nitrogens is 2. The smallest absolute Gasteiger partial charge is 0.338 e. The summed E-state index contributed by atoms with van der Waals surface area (Å²) in [6.45, 7) is 9.87. The predicted octanol–water partition coefficient (Wildman–Crippen LogP) is 2.60. The minimum absolute atomic E-state index is 0.170. The molecule has 2 heterocycles. The van der Waals surface area contributed by atoms with Crippen LogP contribution in [-0.2, 0) is 14.8 Å². The van der Waals surface area contributed by atoms with E-state index in [0.717, 1.165) is 17.3 Å². The van der Waals surface area contributed by atoms with Crippen molar-refractivity contribution in [1.82, 2.24) is 14.3 Å². The van der Waals surface area contributed by atoms with Crippen LogP contribution < -0.4 is 4.90 Å². The van der Waals surface area contributed by atoms with Gasteiger partial charge in [0.1, 0.15) is 11.6 Å². The van der Waals surface area contributed by atoms with Crippen molar-refractivity contribution in [2.45, 2.75) is 38.5 Å². The molecule has 0 saturated carbocycles. The van der Waals surface area contributed by atoms with Crippen LogP contribution in [0.25, 0.3) is 0 Å². The first kappa shape index (κ1) is 22.2. The Labute approximate surface area is 177 Å². The van der Waals surface area contributed by atoms with Crippen LogP contribution in [0.2, 0.25) is 0 Å². The second-order valence-corrected chi connectivity index (χ2v) is 9.45. The van der Waals surface area contributed by atoms with E-state index in [9.17, 15) is 13.2 Å². The summed E-state index contributed by atoms with van der Waals surface area (Å²) in [6, 6.07) is 7.81. The van der Waals surface area contributed by atoms with Gasteiger partial charge in [0, 0.05) is 43.9 Å². The first-order chi connectivity index (χ1) is 14.2. The lowest BCUT2D eigenvalue weighted by Gasteiger charge is -2.35. The number of nitrogens with zero attached hydrogens (tertiary/aromatic N) is 4. The summed E-state index contributed by atoms with van der Waals surface area (Å²) < 4.78 is 32.4. The molecule has 1 aromatic carbocycles. The van der Waals surface area contributed by atoms with E-state index in [1.807, 2.05) is 13.0 Å². The number of hydrogen-bond donors (Lipinski definition) is 0. The van der Waals surface area contributed by atoms with Crippen LogP contribution in [0.15, 0.2) is 35.2 Å². The second kappa shape index (κ2) is 9.09. The molecule has 0 bridgehead atoms. The maximum absolute atomic E-state index is 13.0. The van der Waals surface area contributed by atoms with Crippen molar-refractivity contribution in [2.24, 2.45) is 0 Å². The first-order valence-electron chi connectivity index (χ1n) is 10.1. The van der Waals surface area contributed by atoms with Crippen molar-refractivity contribution in [1.29, 1.82) is 0 Å². The van der Waals surface area contributed by atoms with E-state index in [-0.39, 0.29) is 17.4 Å². The van der Waals surface area contributed by atoms with Gasteiger partial charge in [0.15, 0.2) is 0 Å². The molecule has 9 heteroatoms. The van der Waals surface area contributed by atoms with Crippen LogP contribution in [0, 0.1) is 6.92 Å². The predicted molar refractivity (Wildman–Crippen MR) is 114 cm³/mol. The van der Waals surface area contributed by atoms with Crippen molar-refractivity contribution in [3.8, 4) is 0 Å². The molecule has 0 radical (unpaired) electrons. The number of esters is 1.